The number of nitrogens with one attached hydrogen (secondary N) is 1. The molecule has 0 aliphatic heterocycles. The van der Waals surface area contributed by atoms with Gasteiger partial charge in [0.05, 0.1) is 11.4 Å². The number of rotatable bonds is 5. The van der Waals surface area contributed by atoms with Gasteiger partial charge in [-0.2, -0.15) is 0 Å². The highest BCUT2D eigenvalue weighted by molar-refractivity contribution is 6.30. The summed E-state index contributed by atoms with van der Waals surface area (Å²) in [6, 6.07) is 1.21. The summed E-state index contributed by atoms with van der Waals surface area (Å²) < 4.78 is 0. The molecule has 8 heteroatoms. The molecule has 0 radical (unpaired) electrons. The predicted molar refractivity (Wildman–Crippen MR) is 60.4 cm³/mol. The van der Waals surface area contributed by atoms with Crippen molar-refractivity contribution in [3.63, 3.8) is 0 Å². The molecule has 1 aromatic rings. The molecule has 1 heterocycles. The molecule has 0 saturated heterocycles. The summed E-state index contributed by atoms with van der Waals surface area (Å²) in [7, 11) is 0. The number of amides is 1. The fourth-order valence-corrected chi connectivity index (χ4v) is 1.23. The molecule has 0 aromatic carbocycles. The molecule has 0 unspecified atom stereocenters. The van der Waals surface area contributed by atoms with Crippen LogP contribution in [0.4, 0.5) is 0 Å². The van der Waals surface area contributed by atoms with Gasteiger partial charge in [-0.15, -0.1) is 0 Å². The van der Waals surface area contributed by atoms with E-state index in [9.17, 15) is 14.4 Å². The summed E-state index contributed by atoms with van der Waals surface area (Å²) in [6.07, 6.45) is 0.512. The Morgan fingerprint density at radius 3 is 2.44 bits per heavy atom. The Morgan fingerprint density at radius 2 is 2.00 bits per heavy atom. The lowest BCUT2D eigenvalue weighted by Gasteiger charge is -2.11. The molecule has 1 aromatic heterocycles. The largest absolute Gasteiger partial charge is 0.481 e. The lowest BCUT2D eigenvalue weighted by Crippen LogP contribution is -2.42. The van der Waals surface area contributed by atoms with Crippen LogP contribution >= 0.6 is 11.6 Å². The number of carboxylic acid groups (broad SMARTS) is 2. The number of hydrogen-bond acceptors (Lipinski definition) is 4. The standard InChI is InChI=1S/C10H9ClN2O5/c11-5-1-2-6(12-4-5)9(16)13-7(10(17)18)3-8(14)15/h1-2,4,7H,3H2,(H,13,16)(H,14,15)(H,17,18)/t7-/m0/s1. The number of halogens is 1. The van der Waals surface area contributed by atoms with Crippen LogP contribution in [0, 0.1) is 0 Å². The first-order chi connectivity index (χ1) is 8.40. The Labute approximate surface area is 106 Å². The van der Waals surface area contributed by atoms with Gasteiger partial charge in [0.15, 0.2) is 0 Å². The van der Waals surface area contributed by atoms with Crippen LogP contribution in [0.25, 0.3) is 0 Å². The van der Waals surface area contributed by atoms with Crippen LogP contribution < -0.4 is 5.32 Å². The maximum Gasteiger partial charge on any atom is 0.326 e. The Kier molecular flexibility index (Phi) is 4.61. The van der Waals surface area contributed by atoms with E-state index in [4.69, 9.17) is 21.8 Å². The van der Waals surface area contributed by atoms with Crippen molar-refractivity contribution in [3.8, 4) is 0 Å². The summed E-state index contributed by atoms with van der Waals surface area (Å²) in [5.41, 5.74) is -0.0453. The van der Waals surface area contributed by atoms with Gasteiger partial charge in [0.25, 0.3) is 5.91 Å². The van der Waals surface area contributed by atoms with Crippen molar-refractivity contribution in [3.05, 3.63) is 29.0 Å². The van der Waals surface area contributed by atoms with E-state index in [0.717, 1.165) is 0 Å². The third-order valence-corrected chi connectivity index (χ3v) is 2.17. The molecule has 7 nitrogen and oxygen atoms in total. The van der Waals surface area contributed by atoms with Crippen LogP contribution in [0.2, 0.25) is 5.02 Å². The van der Waals surface area contributed by atoms with Gasteiger partial charge < -0.3 is 15.5 Å². The van der Waals surface area contributed by atoms with Crippen LogP contribution in [-0.2, 0) is 9.59 Å². The lowest BCUT2D eigenvalue weighted by atomic mass is 10.2. The van der Waals surface area contributed by atoms with Crippen molar-refractivity contribution in [2.24, 2.45) is 0 Å². The minimum atomic E-state index is -1.51. The Hall–Kier alpha value is -2.15. The summed E-state index contributed by atoms with van der Waals surface area (Å²) in [5, 5.41) is 19.6. The van der Waals surface area contributed by atoms with Crippen LogP contribution in [0.15, 0.2) is 18.3 Å². The number of hydrogen-bond donors (Lipinski definition) is 3. The maximum absolute atomic E-state index is 11.6. The first kappa shape index (κ1) is 13.9. The molecule has 18 heavy (non-hydrogen) atoms. The van der Waals surface area contributed by atoms with Gasteiger partial charge in [-0.1, -0.05) is 11.6 Å². The Morgan fingerprint density at radius 1 is 1.33 bits per heavy atom. The van der Waals surface area contributed by atoms with E-state index in [2.05, 4.69) is 10.3 Å². The van der Waals surface area contributed by atoms with Crippen molar-refractivity contribution in [1.29, 1.82) is 0 Å². The normalized spacial score (nSPS) is 11.6. The predicted octanol–water partition coefficient (Wildman–Crippen LogP) is 0.393. The fraction of sp³-hybridized carbons (Fsp3) is 0.200. The SMILES string of the molecule is O=C(O)C[C@H](NC(=O)c1ccc(Cl)cn1)C(=O)O. The van der Waals surface area contributed by atoms with Gasteiger partial charge in [-0.25, -0.2) is 9.78 Å². The van der Waals surface area contributed by atoms with Crippen LogP contribution in [-0.4, -0.2) is 39.1 Å². The lowest BCUT2D eigenvalue weighted by molar-refractivity contribution is -0.145. The number of carboxylic acids is 2. The first-order valence-electron chi connectivity index (χ1n) is 4.77. The molecule has 0 aliphatic rings. The summed E-state index contributed by atoms with van der Waals surface area (Å²) in [6.45, 7) is 0. The molecule has 0 spiro atoms. The van der Waals surface area contributed by atoms with Crippen LogP contribution in [0.1, 0.15) is 16.9 Å². The highest BCUT2D eigenvalue weighted by Crippen LogP contribution is 2.06. The number of carbonyl (C=O) groups is 3. The Bertz CT molecular complexity index is 474. The number of nitrogens with zero attached hydrogens (tertiary/aromatic N) is 1. The number of aromatic nitrogens is 1. The van der Waals surface area contributed by atoms with Gasteiger partial charge in [0.2, 0.25) is 0 Å². The molecule has 0 aliphatic carbocycles. The molecular weight excluding hydrogens is 264 g/mol. The molecule has 1 atom stereocenters. The molecule has 0 fully saturated rings. The molecule has 3 N–H and O–H groups in total. The number of pyridine rings is 1. The van der Waals surface area contributed by atoms with E-state index >= 15 is 0 Å². The monoisotopic (exact) mass is 272 g/mol. The van der Waals surface area contributed by atoms with Crippen LogP contribution in [0.5, 0.6) is 0 Å². The molecule has 96 valence electrons. The van der Waals surface area contributed by atoms with E-state index in [1.807, 2.05) is 0 Å². The van der Waals surface area contributed by atoms with Gasteiger partial charge >= 0.3 is 11.9 Å². The average Bonchev–Trinajstić information content (AvgIpc) is 2.28. The molecular formula is C10H9ClN2O5. The maximum atomic E-state index is 11.6. The summed E-state index contributed by atoms with van der Waals surface area (Å²) in [4.78, 5) is 36.4. The molecule has 1 amide bonds. The smallest absolute Gasteiger partial charge is 0.326 e. The second kappa shape index (κ2) is 5.97. The molecule has 0 bridgehead atoms. The van der Waals surface area contributed by atoms with Gasteiger partial charge in [0.1, 0.15) is 11.7 Å². The number of carbonyl (C=O) groups excluding carboxylic acids is 1. The fourth-order valence-electron chi connectivity index (χ4n) is 1.12. The van der Waals surface area contributed by atoms with Gasteiger partial charge in [-0.05, 0) is 12.1 Å². The van der Waals surface area contributed by atoms with Crippen molar-refractivity contribution >= 4 is 29.4 Å². The van der Waals surface area contributed by atoms with E-state index in [1.165, 1.54) is 18.3 Å². The van der Waals surface area contributed by atoms with Crippen molar-refractivity contribution in [2.45, 2.75) is 12.5 Å². The van der Waals surface area contributed by atoms with E-state index in [0.29, 0.717) is 5.02 Å². The van der Waals surface area contributed by atoms with E-state index < -0.39 is 30.3 Å². The zero-order valence-corrected chi connectivity index (χ0v) is 9.72. The van der Waals surface area contributed by atoms with E-state index in [-0.39, 0.29) is 5.69 Å². The quantitative estimate of drug-likeness (QED) is 0.714. The molecule has 1 rings (SSSR count). The second-order valence-corrected chi connectivity index (χ2v) is 3.76. The van der Waals surface area contributed by atoms with Crippen LogP contribution in [0.3, 0.4) is 0 Å². The third-order valence-electron chi connectivity index (χ3n) is 1.94. The van der Waals surface area contributed by atoms with Crippen molar-refractivity contribution in [1.82, 2.24) is 10.3 Å². The Balaban J connectivity index is 2.75. The van der Waals surface area contributed by atoms with Crippen molar-refractivity contribution < 1.29 is 24.6 Å². The van der Waals surface area contributed by atoms with Gasteiger partial charge in [0, 0.05) is 6.20 Å². The minimum absolute atomic E-state index is 0.0453. The van der Waals surface area contributed by atoms with Crippen molar-refractivity contribution in [2.75, 3.05) is 0 Å². The zero-order valence-electron chi connectivity index (χ0n) is 8.96. The number of aliphatic carboxylic acids is 2. The first-order valence-corrected chi connectivity index (χ1v) is 5.15. The second-order valence-electron chi connectivity index (χ2n) is 3.32. The highest BCUT2D eigenvalue weighted by atomic mass is 35.5. The zero-order chi connectivity index (χ0) is 13.7. The highest BCUT2D eigenvalue weighted by Gasteiger charge is 2.23. The van der Waals surface area contributed by atoms with Gasteiger partial charge in [-0.3, -0.25) is 9.59 Å². The third kappa shape index (κ3) is 4.02. The summed E-state index contributed by atoms with van der Waals surface area (Å²) in [5.74, 6) is -3.54. The van der Waals surface area contributed by atoms with E-state index in [1.54, 1.807) is 0 Å². The topological polar surface area (TPSA) is 117 Å². The minimum Gasteiger partial charge on any atom is -0.481 e. The summed E-state index contributed by atoms with van der Waals surface area (Å²) >= 11 is 5.58. The average molecular weight is 273 g/mol. The molecule has 0 saturated carbocycles.